The van der Waals surface area contributed by atoms with E-state index in [1.165, 1.54) is 10.6 Å². The van der Waals surface area contributed by atoms with E-state index in [-0.39, 0.29) is 0 Å². The molecule has 0 bridgehead atoms. The Labute approximate surface area is 101 Å². The molecule has 0 radical (unpaired) electrons. The molecule has 0 amide bonds. The first-order valence-electron chi connectivity index (χ1n) is 5.27. The maximum Gasteiger partial charge on any atom is 0.0508 e. The predicted octanol–water partition coefficient (Wildman–Crippen LogP) is 3.85. The van der Waals surface area contributed by atoms with E-state index in [0.717, 1.165) is 11.4 Å². The second-order valence-electron chi connectivity index (χ2n) is 3.70. The second-order valence-corrected chi connectivity index (χ2v) is 4.87. The summed E-state index contributed by atoms with van der Waals surface area (Å²) in [5.41, 5.74) is 1.26. The van der Waals surface area contributed by atoms with Gasteiger partial charge >= 0.3 is 0 Å². The smallest absolute Gasteiger partial charge is 0.0508 e. The number of likely N-dealkylation sites (N-methyl/N-ethyl adjacent to an activating group) is 1. The van der Waals surface area contributed by atoms with Crippen LogP contribution in [0.15, 0.2) is 64.9 Å². The van der Waals surface area contributed by atoms with E-state index in [1.807, 2.05) is 12.2 Å². The zero-order valence-corrected chi connectivity index (χ0v) is 10.2. The van der Waals surface area contributed by atoms with Crippen molar-refractivity contribution < 1.29 is 0 Å². The Morgan fingerprint density at radius 1 is 1.25 bits per heavy atom. The van der Waals surface area contributed by atoms with Crippen LogP contribution >= 0.6 is 11.8 Å². The van der Waals surface area contributed by atoms with E-state index in [2.05, 4.69) is 54.9 Å². The molecule has 0 saturated carbocycles. The van der Waals surface area contributed by atoms with Gasteiger partial charge in [0.25, 0.3) is 0 Å². The summed E-state index contributed by atoms with van der Waals surface area (Å²) in [5.74, 6) is 0. The van der Waals surface area contributed by atoms with Crippen LogP contribution in [0.1, 0.15) is 0 Å². The number of fused-ring (bicyclic) bond motifs is 1. The fourth-order valence-corrected chi connectivity index (χ4v) is 2.50. The second kappa shape index (κ2) is 5.08. The van der Waals surface area contributed by atoms with E-state index in [0.29, 0.717) is 0 Å². The first-order chi connectivity index (χ1) is 7.77. The topological polar surface area (TPSA) is 3.24 Å². The van der Waals surface area contributed by atoms with Gasteiger partial charge in [-0.3, -0.25) is 0 Å². The van der Waals surface area contributed by atoms with Crippen LogP contribution in [-0.4, -0.2) is 13.6 Å². The molecule has 1 heterocycles. The zero-order chi connectivity index (χ0) is 11.4. The number of benzene rings is 1. The van der Waals surface area contributed by atoms with E-state index in [1.54, 1.807) is 11.8 Å². The summed E-state index contributed by atoms with van der Waals surface area (Å²) in [6.45, 7) is 4.96. The van der Waals surface area contributed by atoms with Crippen molar-refractivity contribution in [2.75, 3.05) is 18.5 Å². The van der Waals surface area contributed by atoms with Gasteiger partial charge in [0.1, 0.15) is 0 Å². The van der Waals surface area contributed by atoms with Crippen LogP contribution in [0.4, 0.5) is 5.69 Å². The van der Waals surface area contributed by atoms with Gasteiger partial charge in [-0.2, -0.15) is 0 Å². The van der Waals surface area contributed by atoms with Gasteiger partial charge in [-0.1, -0.05) is 48.7 Å². The number of rotatable bonds is 0. The lowest BCUT2D eigenvalue weighted by atomic mass is 10.3. The average molecular weight is 229 g/mol. The van der Waals surface area contributed by atoms with Crippen LogP contribution in [0, 0.1) is 0 Å². The summed E-state index contributed by atoms with van der Waals surface area (Å²) < 4.78 is 0. The Hall–Kier alpha value is -1.41. The molecular formula is C14H15NS. The van der Waals surface area contributed by atoms with Crippen molar-refractivity contribution >= 4 is 17.4 Å². The standard InChI is InChI=1S/C14H15NS/c1-12-8-4-3-7-11-15(2)13-9-5-6-10-14(13)16-12/h3-10H,1,11H2,2H3/b7-3-,8-4-. The van der Waals surface area contributed by atoms with Gasteiger partial charge in [0.15, 0.2) is 0 Å². The lowest BCUT2D eigenvalue weighted by Gasteiger charge is -2.21. The van der Waals surface area contributed by atoms with Crippen molar-refractivity contribution in [3.05, 3.63) is 60.1 Å². The number of thioether (sulfide) groups is 1. The van der Waals surface area contributed by atoms with Gasteiger partial charge < -0.3 is 4.90 Å². The van der Waals surface area contributed by atoms with Crippen molar-refractivity contribution in [2.45, 2.75) is 4.90 Å². The van der Waals surface area contributed by atoms with E-state index >= 15 is 0 Å². The number of anilines is 1. The molecule has 0 N–H and O–H groups in total. The maximum atomic E-state index is 4.04. The molecule has 0 saturated heterocycles. The number of nitrogens with zero attached hydrogens (tertiary/aromatic N) is 1. The van der Waals surface area contributed by atoms with Gasteiger partial charge in [0, 0.05) is 23.4 Å². The molecule has 1 aromatic rings. The Morgan fingerprint density at radius 3 is 2.94 bits per heavy atom. The first kappa shape index (κ1) is 11.1. The minimum atomic E-state index is 0.925. The largest absolute Gasteiger partial charge is 0.370 e. The minimum Gasteiger partial charge on any atom is -0.370 e. The molecule has 0 spiro atoms. The average Bonchev–Trinajstić information content (AvgIpc) is 2.28. The molecule has 0 unspecified atom stereocenters. The zero-order valence-electron chi connectivity index (χ0n) is 9.39. The molecule has 82 valence electrons. The van der Waals surface area contributed by atoms with Gasteiger partial charge in [-0.25, -0.2) is 0 Å². The Kier molecular flexibility index (Phi) is 3.52. The number of hydrogen-bond donors (Lipinski definition) is 0. The highest BCUT2D eigenvalue weighted by Gasteiger charge is 2.07. The van der Waals surface area contributed by atoms with Gasteiger partial charge in [-0.05, 0) is 18.2 Å². The van der Waals surface area contributed by atoms with Crippen LogP contribution in [0.25, 0.3) is 0 Å². The summed E-state index contributed by atoms with van der Waals surface area (Å²) in [6.07, 6.45) is 8.30. The molecule has 2 heteroatoms. The summed E-state index contributed by atoms with van der Waals surface area (Å²) in [6, 6.07) is 8.43. The normalized spacial score (nSPS) is 20.1. The lowest BCUT2D eigenvalue weighted by Crippen LogP contribution is -2.17. The summed E-state index contributed by atoms with van der Waals surface area (Å²) in [5, 5.41) is 0. The third kappa shape index (κ3) is 2.58. The Bertz CT molecular complexity index is 446. The summed E-state index contributed by atoms with van der Waals surface area (Å²) in [4.78, 5) is 4.56. The molecule has 1 aliphatic heterocycles. The van der Waals surface area contributed by atoms with Crippen molar-refractivity contribution in [2.24, 2.45) is 0 Å². The molecule has 2 rings (SSSR count). The van der Waals surface area contributed by atoms with Crippen molar-refractivity contribution in [3.8, 4) is 0 Å². The van der Waals surface area contributed by atoms with E-state index in [4.69, 9.17) is 0 Å². The molecule has 1 nitrogen and oxygen atoms in total. The predicted molar refractivity (Wildman–Crippen MR) is 73.0 cm³/mol. The molecule has 0 aliphatic carbocycles. The molecule has 1 aromatic carbocycles. The minimum absolute atomic E-state index is 0.925. The summed E-state index contributed by atoms with van der Waals surface area (Å²) in [7, 11) is 2.11. The van der Waals surface area contributed by atoms with Gasteiger partial charge in [0.05, 0.1) is 5.69 Å². The molecule has 0 atom stereocenters. The fraction of sp³-hybridized carbons (Fsp3) is 0.143. The highest BCUT2D eigenvalue weighted by Crippen LogP contribution is 2.34. The highest BCUT2D eigenvalue weighted by molar-refractivity contribution is 8.03. The molecule has 1 aliphatic rings. The molecule has 0 fully saturated rings. The molecule has 0 aromatic heterocycles. The van der Waals surface area contributed by atoms with Crippen LogP contribution in [0.5, 0.6) is 0 Å². The van der Waals surface area contributed by atoms with Crippen molar-refractivity contribution in [1.29, 1.82) is 0 Å². The monoisotopic (exact) mass is 229 g/mol. The van der Waals surface area contributed by atoms with Gasteiger partial charge in [-0.15, -0.1) is 0 Å². The van der Waals surface area contributed by atoms with E-state index in [9.17, 15) is 0 Å². The van der Waals surface area contributed by atoms with E-state index < -0.39 is 0 Å². The molecule has 16 heavy (non-hydrogen) atoms. The fourth-order valence-electron chi connectivity index (χ4n) is 1.59. The lowest BCUT2D eigenvalue weighted by molar-refractivity contribution is 1.01. The number of para-hydroxylation sites is 1. The van der Waals surface area contributed by atoms with Crippen LogP contribution in [0.2, 0.25) is 0 Å². The Morgan fingerprint density at radius 2 is 2.06 bits per heavy atom. The third-order valence-electron chi connectivity index (χ3n) is 2.43. The Balaban J connectivity index is 2.40. The van der Waals surface area contributed by atoms with Crippen LogP contribution in [0.3, 0.4) is 0 Å². The molecular weight excluding hydrogens is 214 g/mol. The SMILES string of the molecule is C=C1/C=C\C=C/CN(C)c2ccccc2S1. The quantitative estimate of drug-likeness (QED) is 0.664. The van der Waals surface area contributed by atoms with Crippen LogP contribution < -0.4 is 4.90 Å². The summed E-state index contributed by atoms with van der Waals surface area (Å²) >= 11 is 1.72. The first-order valence-corrected chi connectivity index (χ1v) is 6.09. The van der Waals surface area contributed by atoms with Crippen LogP contribution in [-0.2, 0) is 0 Å². The highest BCUT2D eigenvalue weighted by atomic mass is 32.2. The number of allylic oxidation sites excluding steroid dienone is 3. The maximum absolute atomic E-state index is 4.04. The van der Waals surface area contributed by atoms with Crippen molar-refractivity contribution in [3.63, 3.8) is 0 Å². The van der Waals surface area contributed by atoms with Gasteiger partial charge in [0.2, 0.25) is 0 Å². The number of hydrogen-bond acceptors (Lipinski definition) is 2. The van der Waals surface area contributed by atoms with Crippen molar-refractivity contribution in [1.82, 2.24) is 0 Å². The third-order valence-corrected chi connectivity index (χ3v) is 3.39.